The van der Waals surface area contributed by atoms with Crippen molar-refractivity contribution in [3.8, 4) is 0 Å². The number of rotatable bonds is 6. The molecular formula is C30H40Si. The number of allylic oxidation sites excluding steroid dienone is 2. The SMILES string of the molecule is CCC1=C([Si](C)(C)C2=C(CC)Cc3cccc(C(C)C)c32)c2c(cccc2C(C)C)C1. The second kappa shape index (κ2) is 8.24. The molecule has 2 aromatic rings. The van der Waals surface area contributed by atoms with Gasteiger partial charge < -0.3 is 0 Å². The van der Waals surface area contributed by atoms with Crippen molar-refractivity contribution in [1.82, 2.24) is 0 Å². The normalized spacial score (nSPS) is 16.1. The number of hydrogen-bond donors (Lipinski definition) is 0. The number of hydrogen-bond acceptors (Lipinski definition) is 0. The van der Waals surface area contributed by atoms with Gasteiger partial charge in [0.2, 0.25) is 0 Å². The first-order valence-electron chi connectivity index (χ1n) is 12.4. The summed E-state index contributed by atoms with van der Waals surface area (Å²) in [5.74, 6) is 1.13. The Hall–Kier alpha value is -1.86. The topological polar surface area (TPSA) is 0 Å². The summed E-state index contributed by atoms with van der Waals surface area (Å²) < 4.78 is 0. The van der Waals surface area contributed by atoms with Gasteiger partial charge in [-0.15, -0.1) is 0 Å². The van der Waals surface area contributed by atoms with E-state index in [1.54, 1.807) is 54.9 Å². The van der Waals surface area contributed by atoms with E-state index in [9.17, 15) is 0 Å². The highest BCUT2D eigenvalue weighted by molar-refractivity contribution is 7.09. The van der Waals surface area contributed by atoms with Gasteiger partial charge in [0.05, 0.1) is 0 Å². The van der Waals surface area contributed by atoms with Gasteiger partial charge in [-0.25, -0.2) is 0 Å². The monoisotopic (exact) mass is 428 g/mol. The molecule has 0 nitrogen and oxygen atoms in total. The lowest BCUT2D eigenvalue weighted by molar-refractivity contribution is 0.861. The zero-order chi connectivity index (χ0) is 22.5. The molecule has 0 saturated heterocycles. The molecule has 0 aliphatic heterocycles. The first-order chi connectivity index (χ1) is 14.7. The summed E-state index contributed by atoms with van der Waals surface area (Å²) in [6, 6.07) is 14.2. The molecule has 0 heterocycles. The van der Waals surface area contributed by atoms with Crippen molar-refractivity contribution in [3.05, 3.63) is 80.9 Å². The lowest BCUT2D eigenvalue weighted by atomic mass is 9.95. The average Bonchev–Trinajstić information content (AvgIpc) is 3.31. The molecule has 0 bridgehead atoms. The predicted octanol–water partition coefficient (Wildman–Crippen LogP) is 8.86. The Morgan fingerprint density at radius 2 is 1.06 bits per heavy atom. The van der Waals surface area contributed by atoms with Gasteiger partial charge in [-0.05, 0) is 81.3 Å². The van der Waals surface area contributed by atoms with E-state index in [0.29, 0.717) is 11.8 Å². The molecule has 0 aromatic heterocycles. The molecule has 0 N–H and O–H groups in total. The van der Waals surface area contributed by atoms with E-state index >= 15 is 0 Å². The number of fused-ring (bicyclic) bond motifs is 2. The summed E-state index contributed by atoms with van der Waals surface area (Å²) in [5.41, 5.74) is 12.9. The van der Waals surface area contributed by atoms with Gasteiger partial charge in [0, 0.05) is 0 Å². The molecule has 0 radical (unpaired) electrons. The molecule has 2 aliphatic rings. The second-order valence-electron chi connectivity index (χ2n) is 10.7. The first-order valence-corrected chi connectivity index (χ1v) is 15.4. The van der Waals surface area contributed by atoms with Crippen LogP contribution >= 0.6 is 0 Å². The van der Waals surface area contributed by atoms with Crippen molar-refractivity contribution in [3.63, 3.8) is 0 Å². The molecule has 0 fully saturated rings. The molecule has 0 unspecified atom stereocenters. The van der Waals surface area contributed by atoms with Gasteiger partial charge in [-0.1, -0.05) is 102 Å². The molecule has 0 atom stereocenters. The second-order valence-corrected chi connectivity index (χ2v) is 15.0. The van der Waals surface area contributed by atoms with Crippen molar-refractivity contribution in [1.29, 1.82) is 0 Å². The highest BCUT2D eigenvalue weighted by Crippen LogP contribution is 2.52. The average molecular weight is 429 g/mol. The minimum Gasteiger partial charge on any atom is -0.0658 e. The van der Waals surface area contributed by atoms with Crippen LogP contribution in [0.4, 0.5) is 0 Å². The van der Waals surface area contributed by atoms with Crippen LogP contribution in [0.1, 0.15) is 99.6 Å². The van der Waals surface area contributed by atoms with Crippen LogP contribution in [0.5, 0.6) is 0 Å². The maximum absolute atomic E-state index is 2.65. The zero-order valence-electron chi connectivity index (χ0n) is 20.9. The zero-order valence-corrected chi connectivity index (χ0v) is 21.9. The third-order valence-corrected chi connectivity index (χ3v) is 11.4. The molecular weight excluding hydrogens is 388 g/mol. The highest BCUT2D eigenvalue weighted by atomic mass is 28.3. The van der Waals surface area contributed by atoms with E-state index in [1.165, 1.54) is 12.8 Å². The minimum absolute atomic E-state index is 0.563. The minimum atomic E-state index is -1.90. The van der Waals surface area contributed by atoms with E-state index in [1.807, 2.05) is 0 Å². The Labute approximate surface area is 191 Å². The van der Waals surface area contributed by atoms with Gasteiger partial charge in [-0.2, -0.15) is 0 Å². The third-order valence-electron chi connectivity index (χ3n) is 7.73. The molecule has 1 heteroatoms. The van der Waals surface area contributed by atoms with Crippen LogP contribution in [0.3, 0.4) is 0 Å². The van der Waals surface area contributed by atoms with E-state index in [0.717, 1.165) is 12.8 Å². The fourth-order valence-electron chi connectivity index (χ4n) is 6.33. The maximum Gasteiger partial charge on any atom is 0.113 e. The summed E-state index contributed by atoms with van der Waals surface area (Å²) in [6.45, 7) is 19.5. The smallest absolute Gasteiger partial charge is 0.0658 e. The summed E-state index contributed by atoms with van der Waals surface area (Å²) in [7, 11) is -1.90. The van der Waals surface area contributed by atoms with E-state index in [-0.39, 0.29) is 0 Å². The van der Waals surface area contributed by atoms with Gasteiger partial charge in [0.15, 0.2) is 0 Å². The van der Waals surface area contributed by atoms with Crippen LogP contribution in [0.2, 0.25) is 13.1 Å². The molecule has 0 saturated carbocycles. The van der Waals surface area contributed by atoms with Crippen LogP contribution in [-0.4, -0.2) is 8.07 Å². The molecule has 0 spiro atoms. The van der Waals surface area contributed by atoms with Crippen LogP contribution in [-0.2, 0) is 12.8 Å². The third kappa shape index (κ3) is 3.50. The van der Waals surface area contributed by atoms with Crippen molar-refractivity contribution in [2.24, 2.45) is 0 Å². The fourth-order valence-corrected chi connectivity index (χ4v) is 10.7. The van der Waals surface area contributed by atoms with E-state index in [2.05, 4.69) is 91.0 Å². The molecule has 2 aliphatic carbocycles. The Morgan fingerprint density at radius 3 is 1.39 bits per heavy atom. The predicted molar refractivity (Wildman–Crippen MR) is 140 cm³/mol. The highest BCUT2D eigenvalue weighted by Gasteiger charge is 2.43. The Balaban J connectivity index is 1.99. The number of benzene rings is 2. The standard InChI is InChI=1S/C30H40Si/c1-9-21-17-23-13-11-15-25(19(3)4)27(23)29(21)31(7,8)30-22(10-2)18-24-14-12-16-26(20(5)6)28(24)30/h11-16,19-20H,9-10,17-18H2,1-8H3. The summed E-state index contributed by atoms with van der Waals surface area (Å²) in [5, 5.41) is 3.53. The summed E-state index contributed by atoms with van der Waals surface area (Å²) in [6.07, 6.45) is 4.66. The summed E-state index contributed by atoms with van der Waals surface area (Å²) in [4.78, 5) is 0. The Kier molecular flexibility index (Phi) is 5.94. The van der Waals surface area contributed by atoms with Gasteiger partial charge >= 0.3 is 0 Å². The van der Waals surface area contributed by atoms with Gasteiger partial charge in [0.1, 0.15) is 8.07 Å². The van der Waals surface area contributed by atoms with Crippen molar-refractivity contribution < 1.29 is 0 Å². The molecule has 0 amide bonds. The van der Waals surface area contributed by atoms with Crippen LogP contribution in [0.15, 0.2) is 47.5 Å². The maximum atomic E-state index is 2.65. The molecule has 31 heavy (non-hydrogen) atoms. The molecule has 164 valence electrons. The quantitative estimate of drug-likeness (QED) is 0.403. The Bertz CT molecular complexity index is 990. The van der Waals surface area contributed by atoms with Crippen molar-refractivity contribution in [2.75, 3.05) is 0 Å². The van der Waals surface area contributed by atoms with Gasteiger partial charge in [-0.3, -0.25) is 0 Å². The van der Waals surface area contributed by atoms with Crippen molar-refractivity contribution >= 4 is 18.5 Å². The largest absolute Gasteiger partial charge is 0.113 e. The Morgan fingerprint density at radius 1 is 0.677 bits per heavy atom. The summed E-state index contributed by atoms with van der Waals surface area (Å²) >= 11 is 0. The van der Waals surface area contributed by atoms with E-state index < -0.39 is 8.07 Å². The van der Waals surface area contributed by atoms with Crippen LogP contribution in [0.25, 0.3) is 10.4 Å². The fraction of sp³-hybridized carbons (Fsp3) is 0.467. The lowest BCUT2D eigenvalue weighted by Gasteiger charge is -2.33. The van der Waals surface area contributed by atoms with Crippen molar-refractivity contribution in [2.45, 2.75) is 92.2 Å². The van der Waals surface area contributed by atoms with Crippen LogP contribution in [0, 0.1) is 0 Å². The lowest BCUT2D eigenvalue weighted by Crippen LogP contribution is -2.32. The molecule has 2 aromatic carbocycles. The molecule has 4 rings (SSSR count). The first kappa shape index (κ1) is 22.3. The van der Waals surface area contributed by atoms with Crippen LogP contribution < -0.4 is 0 Å². The van der Waals surface area contributed by atoms with Gasteiger partial charge in [0.25, 0.3) is 0 Å². The van der Waals surface area contributed by atoms with E-state index in [4.69, 9.17) is 0 Å².